The van der Waals surface area contributed by atoms with Crippen molar-refractivity contribution in [3.63, 3.8) is 0 Å². The largest absolute Gasteiger partial charge is 0.352 e. The number of halogens is 1. The van der Waals surface area contributed by atoms with Crippen molar-refractivity contribution >= 4 is 44.8 Å². The number of para-hydroxylation sites is 1. The van der Waals surface area contributed by atoms with Crippen molar-refractivity contribution in [1.29, 1.82) is 0 Å². The normalized spacial score (nSPS) is 17.8. The molecule has 1 aromatic heterocycles. The third-order valence-corrected chi connectivity index (χ3v) is 5.21. The maximum absolute atomic E-state index is 12.2. The number of hydrogen-bond donors (Lipinski definition) is 1. The number of rotatable bonds is 4. The minimum absolute atomic E-state index is 0.00428. The number of nitrogens with zero attached hydrogens (tertiary/aromatic N) is 1. The summed E-state index contributed by atoms with van der Waals surface area (Å²) < 4.78 is 1.04. The molecule has 3 rings (SSSR count). The Morgan fingerprint density at radius 3 is 2.82 bits per heavy atom. The van der Waals surface area contributed by atoms with Crippen LogP contribution in [0.5, 0.6) is 0 Å². The fourth-order valence-electron chi connectivity index (χ4n) is 2.51. The summed E-state index contributed by atoms with van der Waals surface area (Å²) >= 11 is 4.99. The van der Waals surface area contributed by atoms with Crippen LogP contribution in [0.15, 0.2) is 45.6 Å². The average Bonchev–Trinajstić information content (AvgIpc) is 3.12. The van der Waals surface area contributed by atoms with E-state index in [1.807, 2.05) is 41.8 Å². The van der Waals surface area contributed by atoms with Gasteiger partial charge in [0.2, 0.25) is 11.8 Å². The zero-order valence-electron chi connectivity index (χ0n) is 11.8. The molecular formula is C16H15BrN2O2S. The molecule has 0 spiro atoms. The highest BCUT2D eigenvalue weighted by molar-refractivity contribution is 9.11. The standard InChI is InChI=1S/C16H15BrN2O2S/c17-14-6-11(10-22-14)8-18-16(21)12-7-15(20)19(9-12)13-4-2-1-3-5-13/h1-6,10,12H,7-9H2,(H,18,21)/t12-/m1/s1. The third kappa shape index (κ3) is 3.39. The van der Waals surface area contributed by atoms with Crippen molar-refractivity contribution in [2.75, 3.05) is 11.4 Å². The highest BCUT2D eigenvalue weighted by Crippen LogP contribution is 2.25. The highest BCUT2D eigenvalue weighted by Gasteiger charge is 2.34. The second kappa shape index (κ2) is 6.62. The van der Waals surface area contributed by atoms with E-state index < -0.39 is 0 Å². The Morgan fingerprint density at radius 1 is 1.36 bits per heavy atom. The lowest BCUT2D eigenvalue weighted by Crippen LogP contribution is -2.32. The van der Waals surface area contributed by atoms with Crippen molar-refractivity contribution in [3.05, 3.63) is 51.1 Å². The fourth-order valence-corrected chi connectivity index (χ4v) is 3.72. The smallest absolute Gasteiger partial charge is 0.227 e. The van der Waals surface area contributed by atoms with Crippen molar-refractivity contribution in [3.8, 4) is 0 Å². The van der Waals surface area contributed by atoms with Gasteiger partial charge in [-0.15, -0.1) is 11.3 Å². The molecule has 0 saturated carbocycles. The number of carbonyl (C=O) groups excluding carboxylic acids is 2. The number of nitrogens with one attached hydrogen (secondary N) is 1. The van der Waals surface area contributed by atoms with Crippen molar-refractivity contribution in [1.82, 2.24) is 5.32 Å². The van der Waals surface area contributed by atoms with Crippen LogP contribution in [-0.2, 0) is 16.1 Å². The van der Waals surface area contributed by atoms with E-state index in [-0.39, 0.29) is 24.2 Å². The van der Waals surface area contributed by atoms with Crippen LogP contribution in [0.2, 0.25) is 0 Å². The van der Waals surface area contributed by atoms with E-state index in [9.17, 15) is 9.59 Å². The van der Waals surface area contributed by atoms with Gasteiger partial charge in [-0.1, -0.05) is 18.2 Å². The van der Waals surface area contributed by atoms with Crippen molar-refractivity contribution in [2.24, 2.45) is 5.92 Å². The maximum atomic E-state index is 12.2. The first-order valence-electron chi connectivity index (χ1n) is 6.99. The molecule has 114 valence electrons. The number of amides is 2. The summed E-state index contributed by atoms with van der Waals surface area (Å²) in [6, 6.07) is 11.5. The molecule has 1 fully saturated rings. The Balaban J connectivity index is 1.59. The molecule has 1 N–H and O–H groups in total. The molecule has 1 saturated heterocycles. The van der Waals surface area contributed by atoms with Crippen LogP contribution in [0.3, 0.4) is 0 Å². The first kappa shape index (κ1) is 15.2. The Bertz CT molecular complexity index is 686. The Hall–Kier alpha value is -1.66. The first-order valence-corrected chi connectivity index (χ1v) is 8.67. The van der Waals surface area contributed by atoms with Crippen LogP contribution < -0.4 is 10.2 Å². The Morgan fingerprint density at radius 2 is 2.14 bits per heavy atom. The number of anilines is 1. The predicted molar refractivity (Wildman–Crippen MR) is 90.8 cm³/mol. The molecule has 0 bridgehead atoms. The van der Waals surface area contributed by atoms with Gasteiger partial charge in [0.15, 0.2) is 0 Å². The van der Waals surface area contributed by atoms with Gasteiger partial charge in [0.1, 0.15) is 0 Å². The molecule has 1 aliphatic rings. The average molecular weight is 379 g/mol. The number of thiophene rings is 1. The molecule has 2 heterocycles. The van der Waals surface area contributed by atoms with Gasteiger partial charge >= 0.3 is 0 Å². The van der Waals surface area contributed by atoms with Gasteiger partial charge in [-0.3, -0.25) is 9.59 Å². The molecule has 0 radical (unpaired) electrons. The third-order valence-electron chi connectivity index (χ3n) is 3.65. The van der Waals surface area contributed by atoms with Crippen LogP contribution in [0.25, 0.3) is 0 Å². The zero-order valence-corrected chi connectivity index (χ0v) is 14.2. The van der Waals surface area contributed by atoms with E-state index in [1.165, 1.54) is 0 Å². The Labute approximate surface area is 141 Å². The van der Waals surface area contributed by atoms with Gasteiger partial charge in [-0.05, 0) is 45.1 Å². The zero-order chi connectivity index (χ0) is 15.5. The van der Waals surface area contributed by atoms with Crippen LogP contribution in [0.1, 0.15) is 12.0 Å². The lowest BCUT2D eigenvalue weighted by molar-refractivity contribution is -0.126. The number of carbonyl (C=O) groups is 2. The molecule has 22 heavy (non-hydrogen) atoms. The van der Waals surface area contributed by atoms with Crippen molar-refractivity contribution in [2.45, 2.75) is 13.0 Å². The van der Waals surface area contributed by atoms with Gasteiger partial charge in [0.25, 0.3) is 0 Å². The quantitative estimate of drug-likeness (QED) is 0.887. The minimum atomic E-state index is -0.283. The summed E-state index contributed by atoms with van der Waals surface area (Å²) in [5.41, 5.74) is 1.92. The van der Waals surface area contributed by atoms with E-state index >= 15 is 0 Å². The summed E-state index contributed by atoms with van der Waals surface area (Å²) in [7, 11) is 0. The molecule has 1 atom stereocenters. The second-order valence-electron chi connectivity index (χ2n) is 5.22. The molecule has 2 amide bonds. The maximum Gasteiger partial charge on any atom is 0.227 e. The van der Waals surface area contributed by atoms with Crippen LogP contribution in [0.4, 0.5) is 5.69 Å². The lowest BCUT2D eigenvalue weighted by atomic mass is 10.1. The van der Waals surface area contributed by atoms with Gasteiger partial charge < -0.3 is 10.2 Å². The van der Waals surface area contributed by atoms with Gasteiger partial charge in [0.05, 0.1) is 9.70 Å². The Kier molecular flexibility index (Phi) is 4.59. The highest BCUT2D eigenvalue weighted by atomic mass is 79.9. The summed E-state index contributed by atoms with van der Waals surface area (Å²) in [5.74, 6) is -0.339. The number of benzene rings is 1. The van der Waals surface area contributed by atoms with E-state index in [0.717, 1.165) is 15.0 Å². The van der Waals surface area contributed by atoms with E-state index in [1.54, 1.807) is 16.2 Å². The molecule has 6 heteroatoms. The summed E-state index contributed by atoms with van der Waals surface area (Å²) in [6.45, 7) is 0.943. The topological polar surface area (TPSA) is 49.4 Å². The molecular weight excluding hydrogens is 364 g/mol. The minimum Gasteiger partial charge on any atom is -0.352 e. The second-order valence-corrected chi connectivity index (χ2v) is 7.51. The van der Waals surface area contributed by atoms with Gasteiger partial charge in [-0.2, -0.15) is 0 Å². The summed E-state index contributed by atoms with van der Waals surface area (Å²) in [5, 5.41) is 4.92. The molecule has 0 aliphatic carbocycles. The van der Waals surface area contributed by atoms with Crippen LogP contribution in [-0.4, -0.2) is 18.4 Å². The van der Waals surface area contributed by atoms with E-state index in [2.05, 4.69) is 21.2 Å². The van der Waals surface area contributed by atoms with E-state index in [4.69, 9.17) is 0 Å². The van der Waals surface area contributed by atoms with Gasteiger partial charge in [-0.25, -0.2) is 0 Å². The summed E-state index contributed by atoms with van der Waals surface area (Å²) in [6.07, 6.45) is 0.272. The fraction of sp³-hybridized carbons (Fsp3) is 0.250. The molecule has 4 nitrogen and oxygen atoms in total. The lowest BCUT2D eigenvalue weighted by Gasteiger charge is -2.16. The van der Waals surface area contributed by atoms with E-state index in [0.29, 0.717) is 13.1 Å². The molecule has 1 aromatic carbocycles. The van der Waals surface area contributed by atoms with Crippen LogP contribution >= 0.6 is 27.3 Å². The monoisotopic (exact) mass is 378 g/mol. The number of hydrogen-bond acceptors (Lipinski definition) is 3. The molecule has 1 aliphatic heterocycles. The molecule has 0 unspecified atom stereocenters. The molecule has 2 aromatic rings. The predicted octanol–water partition coefficient (Wildman–Crippen LogP) is 3.18. The van der Waals surface area contributed by atoms with Gasteiger partial charge in [0, 0.05) is 25.2 Å². The first-order chi connectivity index (χ1) is 10.6. The summed E-state index contributed by atoms with van der Waals surface area (Å²) in [4.78, 5) is 26.0. The SMILES string of the molecule is O=C(NCc1csc(Br)c1)[C@@H]1CC(=O)N(c2ccccc2)C1. The van der Waals surface area contributed by atoms with Crippen molar-refractivity contribution < 1.29 is 9.59 Å². The van der Waals surface area contributed by atoms with Crippen LogP contribution in [0, 0.1) is 5.92 Å².